The summed E-state index contributed by atoms with van der Waals surface area (Å²) in [5.74, 6) is -1.06. The molecule has 4 aromatic rings. The van der Waals surface area contributed by atoms with Crippen LogP contribution in [0.3, 0.4) is 0 Å². The highest BCUT2D eigenvalue weighted by Crippen LogP contribution is 2.26. The molecule has 6 rings (SSSR count). The SMILES string of the molecule is N=C(NC(=O)C(c1ccccc1)c1ccccc1)c1ccc(N2CC(CN3CCN(CCC(=O)OCc4ccccc4)CC3)OC2=O)cc1. The van der Waals surface area contributed by atoms with E-state index in [1.54, 1.807) is 29.2 Å². The number of rotatable bonds is 12. The number of carbonyl (C=O) groups excluding carboxylic acids is 3. The molecule has 10 heteroatoms. The molecule has 2 N–H and O–H groups in total. The maximum absolute atomic E-state index is 13.4. The van der Waals surface area contributed by atoms with Crippen molar-refractivity contribution >= 4 is 29.5 Å². The number of amides is 2. The lowest BCUT2D eigenvalue weighted by Gasteiger charge is -2.35. The topological polar surface area (TPSA) is 115 Å². The Morgan fingerprint density at radius 3 is 1.98 bits per heavy atom. The molecule has 49 heavy (non-hydrogen) atoms. The van der Waals surface area contributed by atoms with Crippen molar-refractivity contribution in [1.29, 1.82) is 5.41 Å². The van der Waals surface area contributed by atoms with E-state index in [2.05, 4.69) is 15.1 Å². The van der Waals surface area contributed by atoms with Crippen molar-refractivity contribution in [2.75, 3.05) is 50.7 Å². The standard InChI is InChI=1S/C39H41N5O5/c40-37(41-38(46)36(30-12-6-2-7-13-30)31-14-8-3-9-15-31)32-16-18-33(19-17-32)44-27-34(49-39(44)47)26-43-24-22-42(23-25-43)21-20-35(45)48-28-29-10-4-1-5-11-29/h1-19,34,36H,20-28H2,(H2,40,41,46). The van der Waals surface area contributed by atoms with Crippen LogP contribution in [0.2, 0.25) is 0 Å². The Kier molecular flexibility index (Phi) is 11.1. The van der Waals surface area contributed by atoms with Gasteiger partial charge in [0.15, 0.2) is 0 Å². The molecule has 0 bridgehead atoms. The van der Waals surface area contributed by atoms with Crippen molar-refractivity contribution in [1.82, 2.24) is 15.1 Å². The quantitative estimate of drug-likeness (QED) is 0.125. The van der Waals surface area contributed by atoms with Gasteiger partial charge in [-0.25, -0.2) is 4.79 Å². The zero-order valence-corrected chi connectivity index (χ0v) is 27.4. The molecular weight excluding hydrogens is 618 g/mol. The molecule has 2 heterocycles. The molecule has 0 radical (unpaired) electrons. The highest BCUT2D eigenvalue weighted by atomic mass is 16.6. The second-order valence-electron chi connectivity index (χ2n) is 12.3. The zero-order chi connectivity index (χ0) is 34.0. The Bertz CT molecular complexity index is 1670. The van der Waals surface area contributed by atoms with Crippen molar-refractivity contribution in [2.45, 2.75) is 25.0 Å². The van der Waals surface area contributed by atoms with Crippen LogP contribution in [0.1, 0.15) is 34.6 Å². The van der Waals surface area contributed by atoms with Crippen LogP contribution in [-0.4, -0.2) is 85.5 Å². The third-order valence-electron chi connectivity index (χ3n) is 8.92. The smallest absolute Gasteiger partial charge is 0.414 e. The van der Waals surface area contributed by atoms with Crippen LogP contribution in [0.4, 0.5) is 10.5 Å². The Morgan fingerprint density at radius 1 is 0.796 bits per heavy atom. The van der Waals surface area contributed by atoms with E-state index in [-0.39, 0.29) is 23.8 Å². The fourth-order valence-corrected chi connectivity index (χ4v) is 6.23. The van der Waals surface area contributed by atoms with Crippen LogP contribution in [0.25, 0.3) is 0 Å². The Hall–Kier alpha value is -5.32. The lowest BCUT2D eigenvalue weighted by atomic mass is 9.90. The molecule has 1 atom stereocenters. The van der Waals surface area contributed by atoms with Gasteiger partial charge in [0.05, 0.1) is 18.9 Å². The number of piperazine rings is 1. The second-order valence-corrected chi connectivity index (χ2v) is 12.3. The number of hydrogen-bond donors (Lipinski definition) is 2. The van der Waals surface area contributed by atoms with E-state index in [4.69, 9.17) is 14.9 Å². The number of ether oxygens (including phenoxy) is 2. The van der Waals surface area contributed by atoms with Gasteiger partial charge < -0.3 is 19.7 Å². The van der Waals surface area contributed by atoms with Crippen LogP contribution in [0.15, 0.2) is 115 Å². The molecule has 2 saturated heterocycles. The first-order chi connectivity index (χ1) is 23.9. The van der Waals surface area contributed by atoms with Crippen molar-refractivity contribution in [2.24, 2.45) is 0 Å². The van der Waals surface area contributed by atoms with Crippen molar-refractivity contribution < 1.29 is 23.9 Å². The highest BCUT2D eigenvalue weighted by molar-refractivity contribution is 6.08. The van der Waals surface area contributed by atoms with Gasteiger partial charge in [-0.2, -0.15) is 0 Å². The summed E-state index contributed by atoms with van der Waals surface area (Å²) in [7, 11) is 0. The second kappa shape index (κ2) is 16.2. The van der Waals surface area contributed by atoms with Crippen LogP contribution >= 0.6 is 0 Å². The number of esters is 1. The van der Waals surface area contributed by atoms with Gasteiger partial charge in [0.2, 0.25) is 5.91 Å². The fourth-order valence-electron chi connectivity index (χ4n) is 6.23. The minimum Gasteiger partial charge on any atom is -0.461 e. The summed E-state index contributed by atoms with van der Waals surface area (Å²) >= 11 is 0. The normalized spacial score (nSPS) is 16.7. The monoisotopic (exact) mass is 659 g/mol. The van der Waals surface area contributed by atoms with Gasteiger partial charge in [-0.3, -0.25) is 24.8 Å². The van der Waals surface area contributed by atoms with Gasteiger partial charge >= 0.3 is 12.1 Å². The molecular formula is C39H41N5O5. The summed E-state index contributed by atoms with van der Waals surface area (Å²) in [4.78, 5) is 44.6. The molecule has 2 fully saturated rings. The minimum atomic E-state index is -0.560. The fraction of sp³-hybridized carbons (Fsp3) is 0.282. The summed E-state index contributed by atoms with van der Waals surface area (Å²) in [6.45, 7) is 5.32. The number of cyclic esters (lactones) is 1. The molecule has 2 aliphatic rings. The number of benzene rings is 4. The first-order valence-corrected chi connectivity index (χ1v) is 16.6. The maximum Gasteiger partial charge on any atom is 0.414 e. The van der Waals surface area contributed by atoms with Crippen LogP contribution < -0.4 is 10.2 Å². The molecule has 252 valence electrons. The molecule has 0 aromatic heterocycles. The Labute approximate surface area is 286 Å². The zero-order valence-electron chi connectivity index (χ0n) is 27.4. The van der Waals surface area contributed by atoms with Gasteiger partial charge in [-0.05, 0) is 41.0 Å². The Morgan fingerprint density at radius 2 is 1.37 bits per heavy atom. The minimum absolute atomic E-state index is 0.0153. The average Bonchev–Trinajstić information content (AvgIpc) is 3.51. The van der Waals surface area contributed by atoms with Crippen molar-refractivity contribution in [3.63, 3.8) is 0 Å². The largest absolute Gasteiger partial charge is 0.461 e. The number of anilines is 1. The highest BCUT2D eigenvalue weighted by Gasteiger charge is 2.34. The van der Waals surface area contributed by atoms with Gasteiger partial charge in [-0.15, -0.1) is 0 Å². The predicted molar refractivity (Wildman–Crippen MR) is 187 cm³/mol. The number of nitrogens with one attached hydrogen (secondary N) is 2. The first kappa shape index (κ1) is 33.6. The summed E-state index contributed by atoms with van der Waals surface area (Å²) in [5, 5.41) is 11.4. The number of carbonyl (C=O) groups is 3. The van der Waals surface area contributed by atoms with E-state index in [9.17, 15) is 14.4 Å². The number of hydrogen-bond acceptors (Lipinski definition) is 8. The van der Waals surface area contributed by atoms with E-state index < -0.39 is 12.0 Å². The first-order valence-electron chi connectivity index (χ1n) is 16.6. The molecule has 4 aromatic carbocycles. The summed E-state index contributed by atoms with van der Waals surface area (Å²) in [6, 6.07) is 35.7. The van der Waals surface area contributed by atoms with E-state index in [0.29, 0.717) is 43.9 Å². The summed E-state index contributed by atoms with van der Waals surface area (Å²) in [5.41, 5.74) is 3.87. The lowest BCUT2D eigenvalue weighted by molar-refractivity contribution is -0.145. The third-order valence-corrected chi connectivity index (χ3v) is 8.92. The third kappa shape index (κ3) is 8.98. The molecule has 2 amide bonds. The number of amidine groups is 1. The molecule has 0 saturated carbocycles. The molecule has 10 nitrogen and oxygen atoms in total. The van der Waals surface area contributed by atoms with E-state index in [1.165, 1.54) is 0 Å². The van der Waals surface area contributed by atoms with Gasteiger partial charge in [0.1, 0.15) is 18.5 Å². The summed E-state index contributed by atoms with van der Waals surface area (Å²) in [6.07, 6.45) is -0.311. The van der Waals surface area contributed by atoms with E-state index in [1.807, 2.05) is 91.0 Å². The van der Waals surface area contributed by atoms with E-state index >= 15 is 0 Å². The van der Waals surface area contributed by atoms with Crippen molar-refractivity contribution in [3.05, 3.63) is 138 Å². The van der Waals surface area contributed by atoms with Crippen LogP contribution in [-0.2, 0) is 25.7 Å². The van der Waals surface area contributed by atoms with Gasteiger partial charge in [-0.1, -0.05) is 91.0 Å². The van der Waals surface area contributed by atoms with Gasteiger partial charge in [0, 0.05) is 50.5 Å². The number of nitrogens with zero attached hydrogens (tertiary/aromatic N) is 3. The summed E-state index contributed by atoms with van der Waals surface area (Å²) < 4.78 is 11.1. The molecule has 0 aliphatic carbocycles. The Balaban J connectivity index is 0.952. The van der Waals surface area contributed by atoms with Crippen LogP contribution in [0.5, 0.6) is 0 Å². The van der Waals surface area contributed by atoms with Crippen molar-refractivity contribution in [3.8, 4) is 0 Å². The molecule has 0 spiro atoms. The van der Waals surface area contributed by atoms with Gasteiger partial charge in [0.25, 0.3) is 0 Å². The predicted octanol–water partition coefficient (Wildman–Crippen LogP) is 5.04. The lowest BCUT2D eigenvalue weighted by Crippen LogP contribution is -2.49. The maximum atomic E-state index is 13.4. The average molecular weight is 660 g/mol. The molecule has 1 unspecified atom stereocenters. The molecule has 2 aliphatic heterocycles. The van der Waals surface area contributed by atoms with E-state index in [0.717, 1.165) is 42.9 Å². The van der Waals surface area contributed by atoms with Crippen LogP contribution in [0, 0.1) is 5.41 Å².